The van der Waals surface area contributed by atoms with E-state index in [0.717, 1.165) is 25.7 Å². The lowest BCUT2D eigenvalue weighted by Gasteiger charge is -2.33. The van der Waals surface area contributed by atoms with Gasteiger partial charge in [0.15, 0.2) is 6.61 Å². The molecule has 0 radical (unpaired) electrons. The minimum Gasteiger partial charge on any atom is -0.454 e. The third kappa shape index (κ3) is 6.06. The Labute approximate surface area is 165 Å². The van der Waals surface area contributed by atoms with Crippen molar-refractivity contribution in [2.75, 3.05) is 13.2 Å². The molecule has 1 aromatic heterocycles. The second-order valence-electron chi connectivity index (χ2n) is 7.25. The van der Waals surface area contributed by atoms with Crippen LogP contribution in [0.3, 0.4) is 0 Å². The molecule has 0 saturated heterocycles. The summed E-state index contributed by atoms with van der Waals surface area (Å²) >= 11 is 1.31. The van der Waals surface area contributed by atoms with Crippen LogP contribution in [0.5, 0.6) is 0 Å². The first-order valence-electron chi connectivity index (χ1n) is 9.74. The van der Waals surface area contributed by atoms with Gasteiger partial charge in [0, 0.05) is 12.6 Å². The van der Waals surface area contributed by atoms with Gasteiger partial charge in [0.05, 0.1) is 4.88 Å². The quantitative estimate of drug-likeness (QED) is 0.687. The highest BCUT2D eigenvalue weighted by atomic mass is 32.1. The summed E-state index contributed by atoms with van der Waals surface area (Å²) in [6.45, 7) is 5.96. The molecular weight excluding hydrogens is 364 g/mol. The van der Waals surface area contributed by atoms with Gasteiger partial charge in [0.25, 0.3) is 11.8 Å². The standard InChI is InChI=1S/C20H30N2O4S/c1-4-22(15-9-6-5-7-10-15)17(23)13-26-20(25)18(14(2)3)21-19(24)16-11-8-12-27-16/h8,11-12,14-15,18H,4-7,9-10,13H2,1-3H3,(H,21,24). The molecular formula is C20H30N2O4S. The molecule has 1 fully saturated rings. The van der Waals surface area contributed by atoms with Crippen molar-refractivity contribution in [3.8, 4) is 0 Å². The number of carbonyl (C=O) groups excluding carboxylic acids is 3. The topological polar surface area (TPSA) is 75.7 Å². The highest BCUT2D eigenvalue weighted by Gasteiger charge is 2.29. The van der Waals surface area contributed by atoms with Crippen molar-refractivity contribution in [3.63, 3.8) is 0 Å². The molecule has 1 aromatic rings. The lowest BCUT2D eigenvalue weighted by Crippen LogP contribution is -2.47. The lowest BCUT2D eigenvalue weighted by molar-refractivity contribution is -0.155. The molecule has 1 N–H and O–H groups in total. The van der Waals surface area contributed by atoms with E-state index in [1.165, 1.54) is 17.8 Å². The van der Waals surface area contributed by atoms with E-state index in [4.69, 9.17) is 4.74 Å². The van der Waals surface area contributed by atoms with Gasteiger partial charge in [0.1, 0.15) is 6.04 Å². The number of nitrogens with one attached hydrogen (secondary N) is 1. The highest BCUT2D eigenvalue weighted by molar-refractivity contribution is 7.12. The molecule has 0 aliphatic heterocycles. The van der Waals surface area contributed by atoms with Gasteiger partial charge in [0.2, 0.25) is 0 Å². The fourth-order valence-electron chi connectivity index (χ4n) is 3.45. The first-order valence-corrected chi connectivity index (χ1v) is 10.6. The molecule has 1 unspecified atom stereocenters. The van der Waals surface area contributed by atoms with Crippen molar-refractivity contribution >= 4 is 29.1 Å². The number of rotatable bonds is 8. The van der Waals surface area contributed by atoms with Gasteiger partial charge >= 0.3 is 5.97 Å². The summed E-state index contributed by atoms with van der Waals surface area (Å²) in [4.78, 5) is 39.6. The van der Waals surface area contributed by atoms with Crippen LogP contribution in [0, 0.1) is 5.92 Å². The Morgan fingerprint density at radius 3 is 2.52 bits per heavy atom. The summed E-state index contributed by atoms with van der Waals surface area (Å²) in [5, 5.41) is 4.53. The van der Waals surface area contributed by atoms with E-state index in [1.54, 1.807) is 17.5 Å². The van der Waals surface area contributed by atoms with E-state index in [0.29, 0.717) is 11.4 Å². The zero-order chi connectivity index (χ0) is 19.8. The Balaban J connectivity index is 1.90. The predicted molar refractivity (Wildman–Crippen MR) is 106 cm³/mol. The van der Waals surface area contributed by atoms with E-state index in [-0.39, 0.29) is 30.4 Å². The molecule has 1 aliphatic rings. The summed E-state index contributed by atoms with van der Waals surface area (Å²) < 4.78 is 5.28. The Kier molecular flexibility index (Phi) is 8.28. The Bertz CT molecular complexity index is 624. The summed E-state index contributed by atoms with van der Waals surface area (Å²) in [6.07, 6.45) is 5.52. The number of carbonyl (C=O) groups is 3. The van der Waals surface area contributed by atoms with Gasteiger partial charge in [-0.3, -0.25) is 9.59 Å². The molecule has 1 saturated carbocycles. The SMILES string of the molecule is CCN(C(=O)COC(=O)C(NC(=O)c1cccs1)C(C)C)C1CCCCC1. The summed E-state index contributed by atoms with van der Waals surface area (Å²) in [5.41, 5.74) is 0. The molecule has 1 heterocycles. The zero-order valence-corrected chi connectivity index (χ0v) is 17.2. The molecule has 2 rings (SSSR count). The largest absolute Gasteiger partial charge is 0.454 e. The summed E-state index contributed by atoms with van der Waals surface area (Å²) in [5.74, 6) is -1.17. The van der Waals surface area contributed by atoms with Crippen molar-refractivity contribution in [2.24, 2.45) is 5.92 Å². The molecule has 0 aromatic carbocycles. The van der Waals surface area contributed by atoms with Crippen LogP contribution in [-0.2, 0) is 14.3 Å². The van der Waals surface area contributed by atoms with Crippen LogP contribution in [0.15, 0.2) is 17.5 Å². The van der Waals surface area contributed by atoms with Crippen LogP contribution < -0.4 is 5.32 Å². The molecule has 150 valence electrons. The zero-order valence-electron chi connectivity index (χ0n) is 16.4. The maximum Gasteiger partial charge on any atom is 0.329 e. The van der Waals surface area contributed by atoms with Gasteiger partial charge in [-0.2, -0.15) is 0 Å². The average Bonchev–Trinajstić information content (AvgIpc) is 3.20. The smallest absolute Gasteiger partial charge is 0.329 e. The molecule has 27 heavy (non-hydrogen) atoms. The number of likely N-dealkylation sites (N-methyl/N-ethyl adjacent to an activating group) is 1. The van der Waals surface area contributed by atoms with E-state index in [9.17, 15) is 14.4 Å². The van der Waals surface area contributed by atoms with Gasteiger partial charge in [-0.1, -0.05) is 39.2 Å². The molecule has 1 aliphatic carbocycles. The van der Waals surface area contributed by atoms with Crippen LogP contribution in [0.2, 0.25) is 0 Å². The minimum absolute atomic E-state index is 0.142. The Hall–Kier alpha value is -1.89. The van der Waals surface area contributed by atoms with Crippen LogP contribution in [0.1, 0.15) is 62.5 Å². The fourth-order valence-corrected chi connectivity index (χ4v) is 4.08. The van der Waals surface area contributed by atoms with Gasteiger partial charge in [-0.25, -0.2) is 4.79 Å². The number of amides is 2. The normalized spacial score (nSPS) is 16.0. The number of hydrogen-bond acceptors (Lipinski definition) is 5. The maximum absolute atomic E-state index is 12.5. The Morgan fingerprint density at radius 2 is 1.96 bits per heavy atom. The van der Waals surface area contributed by atoms with Crippen LogP contribution in [0.4, 0.5) is 0 Å². The van der Waals surface area contributed by atoms with Gasteiger partial charge < -0.3 is 15.0 Å². The lowest BCUT2D eigenvalue weighted by atomic mass is 9.94. The molecule has 7 heteroatoms. The number of ether oxygens (including phenoxy) is 1. The summed E-state index contributed by atoms with van der Waals surface area (Å²) in [7, 11) is 0. The molecule has 1 atom stereocenters. The van der Waals surface area contributed by atoms with Crippen molar-refractivity contribution in [1.82, 2.24) is 10.2 Å². The monoisotopic (exact) mass is 394 g/mol. The van der Waals surface area contributed by atoms with Crippen molar-refractivity contribution in [2.45, 2.75) is 65.0 Å². The Morgan fingerprint density at radius 1 is 1.26 bits per heavy atom. The van der Waals surface area contributed by atoms with Gasteiger partial charge in [-0.05, 0) is 37.1 Å². The first-order chi connectivity index (χ1) is 12.9. The molecule has 0 spiro atoms. The third-order valence-corrected chi connectivity index (χ3v) is 5.84. The predicted octanol–water partition coefficient (Wildman–Crippen LogP) is 3.23. The van der Waals surface area contributed by atoms with Crippen molar-refractivity contribution in [1.29, 1.82) is 0 Å². The van der Waals surface area contributed by atoms with E-state index in [1.807, 2.05) is 25.7 Å². The van der Waals surface area contributed by atoms with E-state index in [2.05, 4.69) is 5.32 Å². The second kappa shape index (κ2) is 10.4. The second-order valence-corrected chi connectivity index (χ2v) is 8.20. The van der Waals surface area contributed by atoms with Gasteiger partial charge in [-0.15, -0.1) is 11.3 Å². The molecule has 0 bridgehead atoms. The summed E-state index contributed by atoms with van der Waals surface area (Å²) in [6, 6.07) is 2.95. The van der Waals surface area contributed by atoms with Crippen LogP contribution >= 0.6 is 11.3 Å². The number of esters is 1. The fraction of sp³-hybridized carbons (Fsp3) is 0.650. The minimum atomic E-state index is -0.780. The third-order valence-electron chi connectivity index (χ3n) is 4.97. The number of thiophene rings is 1. The van der Waals surface area contributed by atoms with Crippen LogP contribution in [-0.4, -0.2) is 47.9 Å². The average molecular weight is 395 g/mol. The number of hydrogen-bond donors (Lipinski definition) is 1. The molecule has 2 amide bonds. The van der Waals surface area contributed by atoms with Crippen LogP contribution in [0.25, 0.3) is 0 Å². The first kappa shape index (κ1) is 21.4. The van der Waals surface area contributed by atoms with E-state index >= 15 is 0 Å². The maximum atomic E-state index is 12.5. The highest BCUT2D eigenvalue weighted by Crippen LogP contribution is 2.22. The van der Waals surface area contributed by atoms with E-state index < -0.39 is 12.0 Å². The van der Waals surface area contributed by atoms with Crippen molar-refractivity contribution in [3.05, 3.63) is 22.4 Å². The molecule has 6 nitrogen and oxygen atoms in total. The van der Waals surface area contributed by atoms with Crippen molar-refractivity contribution < 1.29 is 19.1 Å². The number of nitrogens with zero attached hydrogens (tertiary/aromatic N) is 1.